The molecule has 4 heteroatoms. The molecule has 1 amide bonds. The molecule has 3 N–H and O–H groups in total. The van der Waals surface area contributed by atoms with Crippen LogP contribution in [0.25, 0.3) is 0 Å². The average molecular weight is 228 g/mol. The zero-order valence-electron chi connectivity index (χ0n) is 10.5. The molecular formula is C12H24N2O2. The minimum atomic E-state index is -0.288. The molecule has 0 bridgehead atoms. The fourth-order valence-corrected chi connectivity index (χ4v) is 2.29. The number of aliphatic hydroxyl groups is 1. The van der Waals surface area contributed by atoms with Crippen molar-refractivity contribution in [1.29, 1.82) is 0 Å². The molecule has 1 heterocycles. The van der Waals surface area contributed by atoms with Crippen molar-refractivity contribution in [3.63, 3.8) is 0 Å². The summed E-state index contributed by atoms with van der Waals surface area (Å²) in [6.45, 7) is 7.00. The number of aliphatic hydroxyl groups excluding tert-OH is 1. The molecule has 94 valence electrons. The van der Waals surface area contributed by atoms with Crippen LogP contribution in [0.4, 0.5) is 0 Å². The Bertz CT molecular complexity index is 243. The second-order valence-corrected chi connectivity index (χ2v) is 5.33. The molecule has 0 aromatic carbocycles. The summed E-state index contributed by atoms with van der Waals surface area (Å²) in [5, 5.41) is 9.85. The van der Waals surface area contributed by atoms with E-state index >= 15 is 0 Å². The second-order valence-electron chi connectivity index (χ2n) is 5.33. The maximum Gasteiger partial charge on any atom is 0.219 e. The van der Waals surface area contributed by atoms with Crippen LogP contribution in [0, 0.1) is 11.8 Å². The fraction of sp³-hybridized carbons (Fsp3) is 0.917. The van der Waals surface area contributed by atoms with Crippen molar-refractivity contribution in [2.24, 2.45) is 17.6 Å². The van der Waals surface area contributed by atoms with Crippen molar-refractivity contribution in [1.82, 2.24) is 4.90 Å². The first kappa shape index (κ1) is 13.5. The van der Waals surface area contributed by atoms with Gasteiger partial charge in [-0.25, -0.2) is 0 Å². The lowest BCUT2D eigenvalue weighted by atomic mass is 9.87. The summed E-state index contributed by atoms with van der Waals surface area (Å²) in [5.74, 6) is 0.688. The topological polar surface area (TPSA) is 66.6 Å². The van der Waals surface area contributed by atoms with Gasteiger partial charge in [-0.15, -0.1) is 0 Å². The molecule has 1 fully saturated rings. The van der Waals surface area contributed by atoms with Crippen molar-refractivity contribution in [2.75, 3.05) is 13.1 Å². The van der Waals surface area contributed by atoms with Gasteiger partial charge >= 0.3 is 0 Å². The molecule has 0 aromatic heterocycles. The van der Waals surface area contributed by atoms with E-state index in [0.717, 1.165) is 19.4 Å². The maximum atomic E-state index is 11.3. The Labute approximate surface area is 97.8 Å². The van der Waals surface area contributed by atoms with E-state index in [0.29, 0.717) is 12.5 Å². The largest absolute Gasteiger partial charge is 0.393 e. The van der Waals surface area contributed by atoms with Crippen LogP contribution in [-0.4, -0.2) is 41.1 Å². The molecule has 16 heavy (non-hydrogen) atoms. The van der Waals surface area contributed by atoms with Crippen LogP contribution >= 0.6 is 0 Å². The van der Waals surface area contributed by atoms with Crippen LogP contribution in [-0.2, 0) is 4.79 Å². The van der Waals surface area contributed by atoms with Crippen molar-refractivity contribution in [2.45, 2.75) is 45.8 Å². The van der Waals surface area contributed by atoms with Gasteiger partial charge < -0.3 is 15.7 Å². The molecule has 1 aliphatic heterocycles. The summed E-state index contributed by atoms with van der Waals surface area (Å²) in [7, 11) is 0. The van der Waals surface area contributed by atoms with Crippen molar-refractivity contribution in [3.05, 3.63) is 0 Å². The highest BCUT2D eigenvalue weighted by Gasteiger charge is 2.28. The monoisotopic (exact) mass is 228 g/mol. The molecule has 0 aromatic rings. The van der Waals surface area contributed by atoms with E-state index in [2.05, 4.69) is 0 Å². The van der Waals surface area contributed by atoms with Crippen molar-refractivity contribution < 1.29 is 9.90 Å². The van der Waals surface area contributed by atoms with Gasteiger partial charge in [-0.2, -0.15) is 0 Å². The number of piperidine rings is 1. The lowest BCUT2D eigenvalue weighted by molar-refractivity contribution is -0.131. The summed E-state index contributed by atoms with van der Waals surface area (Å²) in [4.78, 5) is 13.1. The Balaban J connectivity index is 2.50. The van der Waals surface area contributed by atoms with Gasteiger partial charge in [0.1, 0.15) is 0 Å². The molecule has 1 rings (SSSR count). The van der Waals surface area contributed by atoms with E-state index in [9.17, 15) is 9.90 Å². The molecule has 0 saturated carbocycles. The van der Waals surface area contributed by atoms with Gasteiger partial charge in [0.05, 0.1) is 6.10 Å². The van der Waals surface area contributed by atoms with Gasteiger partial charge in [-0.05, 0) is 24.7 Å². The Morgan fingerprint density at radius 1 is 1.50 bits per heavy atom. The minimum Gasteiger partial charge on any atom is -0.393 e. The fourth-order valence-electron chi connectivity index (χ4n) is 2.29. The smallest absolute Gasteiger partial charge is 0.219 e. The summed E-state index contributed by atoms with van der Waals surface area (Å²) in [6, 6.07) is 0.0574. The van der Waals surface area contributed by atoms with Gasteiger partial charge in [0.25, 0.3) is 0 Å². The highest BCUT2D eigenvalue weighted by atomic mass is 16.3. The first-order valence-corrected chi connectivity index (χ1v) is 6.09. The SMILES string of the molecule is CC(=O)N1CC(N)CC(CC(O)C(C)C)C1. The summed E-state index contributed by atoms with van der Waals surface area (Å²) < 4.78 is 0. The highest BCUT2D eigenvalue weighted by Crippen LogP contribution is 2.22. The second kappa shape index (κ2) is 5.64. The molecule has 1 aliphatic rings. The molecule has 0 radical (unpaired) electrons. The van der Waals surface area contributed by atoms with Crippen LogP contribution in [0.15, 0.2) is 0 Å². The number of carbonyl (C=O) groups is 1. The average Bonchev–Trinajstić information content (AvgIpc) is 2.16. The van der Waals surface area contributed by atoms with E-state index in [4.69, 9.17) is 5.73 Å². The van der Waals surface area contributed by atoms with Gasteiger partial charge in [0.15, 0.2) is 0 Å². The lowest BCUT2D eigenvalue weighted by Gasteiger charge is -2.37. The van der Waals surface area contributed by atoms with Crippen LogP contribution in [0.1, 0.15) is 33.6 Å². The quantitative estimate of drug-likeness (QED) is 0.743. The third-order valence-electron chi connectivity index (χ3n) is 3.36. The molecule has 0 spiro atoms. The van der Waals surface area contributed by atoms with Crippen molar-refractivity contribution >= 4 is 5.91 Å². The summed E-state index contributed by atoms with van der Waals surface area (Å²) >= 11 is 0. The van der Waals surface area contributed by atoms with Crippen LogP contribution in [0.3, 0.4) is 0 Å². The number of likely N-dealkylation sites (tertiary alicyclic amines) is 1. The van der Waals surface area contributed by atoms with E-state index in [1.165, 1.54) is 0 Å². The van der Waals surface area contributed by atoms with Gasteiger partial charge in [-0.3, -0.25) is 4.79 Å². The van der Waals surface area contributed by atoms with E-state index in [-0.39, 0.29) is 24.0 Å². The predicted molar refractivity (Wildman–Crippen MR) is 63.8 cm³/mol. The summed E-state index contributed by atoms with van der Waals surface area (Å²) in [5.41, 5.74) is 5.93. The van der Waals surface area contributed by atoms with Gasteiger partial charge in [-0.1, -0.05) is 13.8 Å². The molecule has 3 atom stereocenters. The highest BCUT2D eigenvalue weighted by molar-refractivity contribution is 5.73. The minimum absolute atomic E-state index is 0.0574. The first-order chi connectivity index (χ1) is 7.40. The molecule has 1 saturated heterocycles. The van der Waals surface area contributed by atoms with E-state index in [1.807, 2.05) is 13.8 Å². The Morgan fingerprint density at radius 2 is 2.12 bits per heavy atom. The van der Waals surface area contributed by atoms with Crippen LogP contribution in [0.5, 0.6) is 0 Å². The maximum absolute atomic E-state index is 11.3. The summed E-state index contributed by atoms with van der Waals surface area (Å²) in [6.07, 6.45) is 1.37. The number of nitrogens with zero attached hydrogens (tertiary/aromatic N) is 1. The van der Waals surface area contributed by atoms with Crippen LogP contribution < -0.4 is 5.73 Å². The third-order valence-corrected chi connectivity index (χ3v) is 3.36. The number of hydrogen-bond donors (Lipinski definition) is 2. The van der Waals surface area contributed by atoms with Gasteiger partial charge in [0.2, 0.25) is 5.91 Å². The van der Waals surface area contributed by atoms with Gasteiger partial charge in [0, 0.05) is 26.1 Å². The Hall–Kier alpha value is -0.610. The zero-order valence-corrected chi connectivity index (χ0v) is 10.5. The number of hydrogen-bond acceptors (Lipinski definition) is 3. The van der Waals surface area contributed by atoms with Crippen molar-refractivity contribution in [3.8, 4) is 0 Å². The molecule has 4 nitrogen and oxygen atoms in total. The zero-order chi connectivity index (χ0) is 12.3. The number of rotatable bonds is 3. The molecular weight excluding hydrogens is 204 g/mol. The third kappa shape index (κ3) is 3.76. The standard InChI is InChI=1S/C12H24N2O2/c1-8(2)12(16)5-10-4-11(13)7-14(6-10)9(3)15/h8,10-12,16H,4-7,13H2,1-3H3. The number of carbonyl (C=O) groups excluding carboxylic acids is 1. The molecule has 3 unspecified atom stereocenters. The normalized spacial score (nSPS) is 28.2. The van der Waals surface area contributed by atoms with E-state index in [1.54, 1.807) is 11.8 Å². The van der Waals surface area contributed by atoms with E-state index < -0.39 is 0 Å². The Morgan fingerprint density at radius 3 is 2.62 bits per heavy atom. The first-order valence-electron chi connectivity index (χ1n) is 6.09. The predicted octanol–water partition coefficient (Wildman–Crippen LogP) is 0.589. The van der Waals surface area contributed by atoms with Crippen LogP contribution in [0.2, 0.25) is 0 Å². The Kier molecular flexibility index (Phi) is 4.74. The number of nitrogens with two attached hydrogens (primary N) is 1. The number of amides is 1. The lowest BCUT2D eigenvalue weighted by Crippen LogP contribution is -2.49. The molecule has 0 aliphatic carbocycles.